The van der Waals surface area contributed by atoms with Gasteiger partial charge in [-0.25, -0.2) is 9.97 Å². The summed E-state index contributed by atoms with van der Waals surface area (Å²) < 4.78 is -2.11. The topological polar surface area (TPSA) is 90.4 Å². The van der Waals surface area contributed by atoms with Crippen LogP contribution < -0.4 is 20.8 Å². The van der Waals surface area contributed by atoms with Crippen LogP contribution in [0.4, 0.5) is 11.6 Å². The molecule has 0 aliphatic carbocycles. The van der Waals surface area contributed by atoms with E-state index in [1.165, 1.54) is 17.3 Å². The summed E-state index contributed by atoms with van der Waals surface area (Å²) in [7, 11) is -0.377. The van der Waals surface area contributed by atoms with E-state index in [0.29, 0.717) is 29.7 Å². The molecule has 1 aliphatic heterocycles. The number of aromatic nitrogens is 2. The van der Waals surface area contributed by atoms with Gasteiger partial charge in [0.2, 0.25) is 0 Å². The van der Waals surface area contributed by atoms with Crippen LogP contribution in [0.2, 0.25) is 5.82 Å². The first-order chi connectivity index (χ1) is 27.3. The number of nitrogens with zero attached hydrogens (tertiary/aromatic N) is 3. The van der Waals surface area contributed by atoms with Crippen LogP contribution >= 0.6 is 110 Å². The van der Waals surface area contributed by atoms with Crippen LogP contribution in [0, 0.1) is 23.7 Å². The zero-order valence-corrected chi connectivity index (χ0v) is 50.9. The second kappa shape index (κ2) is 29.1. The quantitative estimate of drug-likeness (QED) is 0.0559. The van der Waals surface area contributed by atoms with Crippen molar-refractivity contribution in [1.82, 2.24) is 15.3 Å². The van der Waals surface area contributed by atoms with Gasteiger partial charge in [0.1, 0.15) is 18.0 Å². The van der Waals surface area contributed by atoms with Gasteiger partial charge < -0.3 is 20.6 Å². The normalized spacial score (nSPS) is 17.3. The maximum absolute atomic E-state index is 10.6. The summed E-state index contributed by atoms with van der Waals surface area (Å²) in [6, 6.07) is 10.8. The van der Waals surface area contributed by atoms with Crippen LogP contribution in [0.25, 0.3) is 6.08 Å². The number of carboxylic acids is 1. The number of hydrogen-bond acceptors (Lipinski definition) is 6. The first kappa shape index (κ1) is 59.5. The first-order valence-electron chi connectivity index (χ1n) is 20.5. The van der Waals surface area contributed by atoms with Crippen LogP contribution in [0.5, 0.6) is 0 Å². The summed E-state index contributed by atoms with van der Waals surface area (Å²) in [5.41, 5.74) is 2.36. The summed E-state index contributed by atoms with van der Waals surface area (Å²) >= 11 is 12.8. The van der Waals surface area contributed by atoms with Crippen molar-refractivity contribution in [2.75, 3.05) is 29.7 Å². The van der Waals surface area contributed by atoms with Gasteiger partial charge in [-0.3, -0.25) is 4.79 Å². The van der Waals surface area contributed by atoms with Crippen LogP contribution in [0.15, 0.2) is 91.1 Å². The average Bonchev–Trinajstić information content (AvgIpc) is 3.50. The Morgan fingerprint density at radius 1 is 1.02 bits per heavy atom. The Bertz CT molecular complexity index is 1660. The Morgan fingerprint density at radius 2 is 1.63 bits per heavy atom. The van der Waals surface area contributed by atoms with Crippen LogP contribution in [-0.4, -0.2) is 41.1 Å². The van der Waals surface area contributed by atoms with E-state index in [0.717, 1.165) is 55.1 Å². The molecule has 0 saturated carbocycles. The van der Waals surface area contributed by atoms with Gasteiger partial charge in [0.15, 0.2) is 0 Å². The summed E-state index contributed by atoms with van der Waals surface area (Å²) in [6.45, 7) is 29.3. The van der Waals surface area contributed by atoms with E-state index < -0.39 is 0.453 Å². The van der Waals surface area contributed by atoms with E-state index in [2.05, 4.69) is 226 Å². The molecule has 0 amide bonds. The Balaban J connectivity index is 0.00000137. The maximum atomic E-state index is 10.6. The molecule has 14 heteroatoms. The summed E-state index contributed by atoms with van der Waals surface area (Å²) in [4.78, 5) is 22.5. The Hall–Kier alpha value is 0.469. The van der Waals surface area contributed by atoms with Crippen molar-refractivity contribution in [3.05, 3.63) is 96.7 Å². The van der Waals surface area contributed by atoms with Gasteiger partial charge in [0.05, 0.1) is 17.5 Å². The Morgan fingerprint density at radius 3 is 2.15 bits per heavy atom. The van der Waals surface area contributed by atoms with Gasteiger partial charge in [-0.1, -0.05) is 142 Å². The summed E-state index contributed by atoms with van der Waals surface area (Å²) in [5, 5.41) is 16.9. The van der Waals surface area contributed by atoms with E-state index >= 15 is 0 Å². The van der Waals surface area contributed by atoms with Crippen molar-refractivity contribution in [1.29, 1.82) is 0 Å². The zero-order chi connectivity index (χ0) is 45.5. The number of hydrogen-bond donors (Lipinski definition) is 3. The number of benzene rings is 1. The van der Waals surface area contributed by atoms with Crippen LogP contribution in [0.1, 0.15) is 107 Å². The van der Waals surface area contributed by atoms with E-state index in [9.17, 15) is 4.79 Å². The van der Waals surface area contributed by atoms with Crippen molar-refractivity contribution in [2.24, 2.45) is 23.7 Å². The van der Waals surface area contributed by atoms with Gasteiger partial charge in [-0.05, 0) is 82.0 Å². The fourth-order valence-electron chi connectivity index (χ4n) is 6.16. The van der Waals surface area contributed by atoms with Gasteiger partial charge in [0, 0.05) is 18.9 Å². The standard InChI is InChI=1S/C31H50N5O2P.C11H14.C2H6.CH3I5Se/c1-9-24(6)26(18-23(5)17-22(4)15-13-12-14-16-28(37)38)19-25(7)36-21-39(8)29-30(33-20-34-31(29)36)35-27(10-2)32-11-3;1-10(2)8-9-11-6-4-3-5-7-11;1-2;1-7(2,3,4,5)6/h10,12-15,20,23-26,32H,4,9,11,16-19,21H2,1-3,5-8H3,(H,37,38)(H,33,34,35);3-10H,1-2H3;1-2H3;1H3/b14-12-,15-13-,27-10?;9-8+;;. The molecule has 2 heterocycles. The molecular formula is C45H73I5N5O2PSe. The third kappa shape index (κ3) is 30.3. The number of aliphatic carboxylic acids is 1. The number of carbonyl (C=O) groups is 1. The minimum absolute atomic E-state index is 0.0418. The molecule has 1 aliphatic rings. The number of halogens is 5. The molecule has 59 heavy (non-hydrogen) atoms. The fraction of sp³-hybridized carbons (Fsp3) is 0.533. The monoisotopic (exact) mass is 1460 g/mol. The second-order valence-electron chi connectivity index (χ2n) is 15.2. The Labute approximate surface area is 416 Å². The van der Waals surface area contributed by atoms with E-state index in [-0.39, 0.29) is 14.3 Å². The average molecular weight is 1460 g/mol. The molecule has 1 aromatic heterocycles. The first-order valence-corrected chi connectivity index (χ1v) is 50.3. The summed E-state index contributed by atoms with van der Waals surface area (Å²) in [6.07, 6.45) is 20.9. The molecule has 0 fully saturated rings. The molecular weight excluding hydrogens is 1390 g/mol. The van der Waals surface area contributed by atoms with Crippen molar-refractivity contribution >= 4 is 133 Å². The number of allylic oxidation sites excluding steroid dienone is 6. The Kier molecular flexibility index (Phi) is 29.3. The van der Waals surface area contributed by atoms with Crippen LogP contribution in [-0.2, 0) is 4.79 Å². The molecule has 7 nitrogen and oxygen atoms in total. The molecule has 2 aromatic rings. The molecule has 0 saturated heterocycles. The number of anilines is 2. The summed E-state index contributed by atoms with van der Waals surface area (Å²) in [5.74, 6) is 6.92. The number of fused-ring (bicyclic) bond motifs is 1. The molecule has 0 spiro atoms. The van der Waals surface area contributed by atoms with Gasteiger partial charge in [-0.15, -0.1) is 0 Å². The second-order valence-corrected chi connectivity index (χ2v) is 179. The molecule has 0 bridgehead atoms. The molecule has 5 atom stereocenters. The van der Waals surface area contributed by atoms with E-state index in [4.69, 9.17) is 10.1 Å². The molecule has 5 unspecified atom stereocenters. The third-order valence-corrected chi connectivity index (χ3v) is 10.9. The van der Waals surface area contributed by atoms with Crippen molar-refractivity contribution in [2.45, 2.75) is 113 Å². The van der Waals surface area contributed by atoms with Crippen LogP contribution in [0.3, 0.4) is 0 Å². The zero-order valence-electron chi connectivity index (χ0n) is 37.5. The number of rotatable bonds is 19. The predicted octanol–water partition coefficient (Wildman–Crippen LogP) is 15.9. The number of nitrogens with one attached hydrogen (secondary N) is 2. The van der Waals surface area contributed by atoms with Gasteiger partial charge >= 0.3 is 108 Å². The van der Waals surface area contributed by atoms with E-state index in [1.807, 2.05) is 45.1 Å². The van der Waals surface area contributed by atoms with Crippen molar-refractivity contribution in [3.63, 3.8) is 0 Å². The predicted molar refractivity (Wildman–Crippen MR) is 311 cm³/mol. The molecule has 336 valence electrons. The molecule has 0 radical (unpaired) electrons. The minimum atomic E-state index is -2.11. The van der Waals surface area contributed by atoms with Gasteiger partial charge in [-0.2, -0.15) is 0 Å². The molecule has 1 aromatic carbocycles. The van der Waals surface area contributed by atoms with Crippen molar-refractivity contribution < 1.29 is 9.90 Å². The van der Waals surface area contributed by atoms with Gasteiger partial charge in [0.25, 0.3) is 0 Å². The molecule has 3 N–H and O–H groups in total. The van der Waals surface area contributed by atoms with E-state index in [1.54, 1.807) is 18.5 Å². The third-order valence-electron chi connectivity index (χ3n) is 9.02. The SMILES string of the molecule is C=C(/C=C\C=C/CC(=O)O)CC(C)CC(CC(C)N1CP(C)c2c(NC(=CC)NCC)ncnc21)C(C)CC.CC.CC(C)/C=C/c1ccccc1.C[Se](I)(I)(I)(I)I. The fourth-order valence-corrected chi connectivity index (χ4v) is 8.17. The van der Waals surface area contributed by atoms with Crippen molar-refractivity contribution in [3.8, 4) is 0 Å². The number of carboxylic acid groups (broad SMARTS) is 1. The molecule has 3 rings (SSSR count).